The standard InChI is InChI=1S/C25H32FN7O4S/c1-4-37-19-11-29-23(33-12-16(13-33)14-38(3,35)36)18-10-28-22(9-17(18)19)30-21-5-7-27-24(31-21)32-8-6-20(34)25(2,26)15-32/h5,7,9-11,16,20,34H,4,6,8,12-15H2,1-3H3,(H,27,28,30,31)/t20-,25+/m1/s1. The third-order valence-electron chi connectivity index (χ3n) is 6.86. The Morgan fingerprint density at radius 2 is 1.97 bits per heavy atom. The Hall–Kier alpha value is -3.32. The second kappa shape index (κ2) is 10.1. The van der Waals surface area contributed by atoms with E-state index in [-0.39, 0.29) is 18.2 Å². The molecule has 204 valence electrons. The molecular weight excluding hydrogens is 513 g/mol. The molecule has 5 heterocycles. The van der Waals surface area contributed by atoms with Crippen LogP contribution in [0.3, 0.4) is 0 Å². The fraction of sp³-hybridized carbons (Fsp3) is 0.520. The van der Waals surface area contributed by atoms with Crippen molar-refractivity contribution in [1.82, 2.24) is 19.9 Å². The van der Waals surface area contributed by atoms with Gasteiger partial charge in [0.2, 0.25) is 5.95 Å². The molecule has 2 fully saturated rings. The summed E-state index contributed by atoms with van der Waals surface area (Å²) in [6, 6.07) is 3.56. The zero-order valence-corrected chi connectivity index (χ0v) is 22.4. The number of nitrogens with one attached hydrogen (secondary N) is 1. The number of alkyl halides is 1. The molecule has 0 aromatic carbocycles. The molecule has 2 atom stereocenters. The van der Waals surface area contributed by atoms with E-state index >= 15 is 0 Å². The Bertz CT molecular complexity index is 1430. The van der Waals surface area contributed by atoms with Gasteiger partial charge in [-0.3, -0.25) is 0 Å². The maximum absolute atomic E-state index is 14.7. The number of aromatic nitrogens is 4. The first-order valence-electron chi connectivity index (χ1n) is 12.6. The predicted octanol–water partition coefficient (Wildman–Crippen LogP) is 2.34. The monoisotopic (exact) mass is 545 g/mol. The van der Waals surface area contributed by atoms with Crippen molar-refractivity contribution in [3.8, 4) is 5.75 Å². The number of nitrogens with zero attached hydrogens (tertiary/aromatic N) is 6. The number of aliphatic hydroxyl groups excluding tert-OH is 1. The van der Waals surface area contributed by atoms with Crippen molar-refractivity contribution in [3.05, 3.63) is 30.7 Å². The lowest BCUT2D eigenvalue weighted by molar-refractivity contribution is -0.00860. The van der Waals surface area contributed by atoms with E-state index in [2.05, 4.69) is 25.3 Å². The highest BCUT2D eigenvalue weighted by Crippen LogP contribution is 2.36. The van der Waals surface area contributed by atoms with Crippen LogP contribution < -0.4 is 19.9 Å². The molecule has 2 N–H and O–H groups in total. The zero-order valence-electron chi connectivity index (χ0n) is 21.6. The van der Waals surface area contributed by atoms with E-state index in [9.17, 15) is 17.9 Å². The van der Waals surface area contributed by atoms with Crippen molar-refractivity contribution in [3.63, 3.8) is 0 Å². The van der Waals surface area contributed by atoms with Crippen LogP contribution in [-0.4, -0.2) is 90.0 Å². The van der Waals surface area contributed by atoms with Crippen LogP contribution in [0.15, 0.2) is 30.7 Å². The number of sulfone groups is 1. The molecule has 0 aliphatic carbocycles. The van der Waals surface area contributed by atoms with Crippen molar-refractivity contribution in [2.24, 2.45) is 5.92 Å². The second-order valence-corrected chi connectivity index (χ2v) is 12.4. The number of halogens is 1. The summed E-state index contributed by atoms with van der Waals surface area (Å²) in [5.74, 6) is 2.98. The number of pyridine rings is 2. The summed E-state index contributed by atoms with van der Waals surface area (Å²) in [4.78, 5) is 21.8. The van der Waals surface area contributed by atoms with Crippen molar-refractivity contribution >= 4 is 44.0 Å². The molecule has 0 spiro atoms. The highest BCUT2D eigenvalue weighted by atomic mass is 32.2. The quantitative estimate of drug-likeness (QED) is 0.432. The lowest BCUT2D eigenvalue weighted by atomic mass is 9.94. The van der Waals surface area contributed by atoms with Gasteiger partial charge in [-0.1, -0.05) is 0 Å². The molecule has 2 aliphatic rings. The molecule has 0 unspecified atom stereocenters. The van der Waals surface area contributed by atoms with Crippen molar-refractivity contribution in [1.29, 1.82) is 0 Å². The van der Waals surface area contributed by atoms with Gasteiger partial charge >= 0.3 is 0 Å². The zero-order chi connectivity index (χ0) is 27.1. The molecule has 0 radical (unpaired) electrons. The van der Waals surface area contributed by atoms with Gasteiger partial charge in [0.1, 0.15) is 33.0 Å². The Kier molecular flexibility index (Phi) is 6.99. The van der Waals surface area contributed by atoms with Crippen LogP contribution in [0.2, 0.25) is 0 Å². The van der Waals surface area contributed by atoms with Gasteiger partial charge in [-0.15, -0.1) is 0 Å². The molecule has 11 nitrogen and oxygen atoms in total. The van der Waals surface area contributed by atoms with Gasteiger partial charge in [0.25, 0.3) is 0 Å². The average molecular weight is 546 g/mol. The highest BCUT2D eigenvalue weighted by molar-refractivity contribution is 7.90. The molecule has 5 rings (SSSR count). The highest BCUT2D eigenvalue weighted by Gasteiger charge is 2.39. The Morgan fingerprint density at radius 1 is 1.18 bits per heavy atom. The molecule has 2 aliphatic heterocycles. The van der Waals surface area contributed by atoms with E-state index in [4.69, 9.17) is 4.74 Å². The number of hydrogen-bond donors (Lipinski definition) is 2. The lowest BCUT2D eigenvalue weighted by Crippen LogP contribution is -2.52. The minimum Gasteiger partial charge on any atom is -0.492 e. The lowest BCUT2D eigenvalue weighted by Gasteiger charge is -2.40. The van der Waals surface area contributed by atoms with E-state index in [1.54, 1.807) is 29.6 Å². The molecule has 2 saturated heterocycles. The maximum Gasteiger partial charge on any atom is 0.227 e. The smallest absolute Gasteiger partial charge is 0.227 e. The van der Waals surface area contributed by atoms with Crippen molar-refractivity contribution in [2.75, 3.05) is 59.9 Å². The van der Waals surface area contributed by atoms with E-state index < -0.39 is 21.6 Å². The van der Waals surface area contributed by atoms with Crippen molar-refractivity contribution in [2.45, 2.75) is 32.0 Å². The van der Waals surface area contributed by atoms with Crippen LogP contribution in [0.25, 0.3) is 10.8 Å². The number of hydrogen-bond acceptors (Lipinski definition) is 11. The average Bonchev–Trinajstić information content (AvgIpc) is 2.83. The molecule has 3 aromatic rings. The van der Waals surface area contributed by atoms with Crippen LogP contribution in [0.5, 0.6) is 5.75 Å². The summed E-state index contributed by atoms with van der Waals surface area (Å²) in [6.07, 6.45) is 5.53. The Morgan fingerprint density at radius 3 is 2.68 bits per heavy atom. The number of ether oxygens (including phenoxy) is 1. The van der Waals surface area contributed by atoms with Gasteiger partial charge in [-0.2, -0.15) is 4.98 Å². The number of anilines is 4. The van der Waals surface area contributed by atoms with Gasteiger partial charge in [0.15, 0.2) is 5.67 Å². The van der Waals surface area contributed by atoms with Crippen LogP contribution in [0.1, 0.15) is 20.3 Å². The second-order valence-electron chi connectivity index (χ2n) is 10.2. The summed E-state index contributed by atoms with van der Waals surface area (Å²) in [5, 5.41) is 14.7. The van der Waals surface area contributed by atoms with Crippen LogP contribution in [-0.2, 0) is 9.84 Å². The van der Waals surface area contributed by atoms with Crippen LogP contribution in [0, 0.1) is 5.92 Å². The minimum atomic E-state index is -3.03. The first kappa shape index (κ1) is 26.3. The largest absolute Gasteiger partial charge is 0.492 e. The molecule has 0 amide bonds. The molecule has 0 bridgehead atoms. The van der Waals surface area contributed by atoms with Crippen LogP contribution >= 0.6 is 0 Å². The third-order valence-corrected chi connectivity index (χ3v) is 7.94. The van der Waals surface area contributed by atoms with E-state index in [1.807, 2.05) is 17.9 Å². The number of piperidine rings is 1. The molecule has 13 heteroatoms. The molecule has 3 aromatic heterocycles. The van der Waals surface area contributed by atoms with E-state index in [0.717, 1.165) is 16.6 Å². The molecular formula is C25H32FN7O4S. The fourth-order valence-electron chi connectivity index (χ4n) is 4.97. The number of rotatable bonds is 8. The van der Waals surface area contributed by atoms with Gasteiger partial charge in [-0.05, 0) is 32.4 Å². The van der Waals surface area contributed by atoms with Gasteiger partial charge in [0.05, 0.1) is 31.2 Å². The number of fused-ring (bicyclic) bond motifs is 1. The topological polar surface area (TPSA) is 134 Å². The summed E-state index contributed by atoms with van der Waals surface area (Å²) in [6.45, 7) is 5.42. The van der Waals surface area contributed by atoms with E-state index in [0.29, 0.717) is 56.0 Å². The van der Waals surface area contributed by atoms with Gasteiger partial charge in [0, 0.05) is 55.0 Å². The molecule has 38 heavy (non-hydrogen) atoms. The molecule has 0 saturated carbocycles. The Balaban J connectivity index is 1.38. The van der Waals surface area contributed by atoms with Crippen molar-refractivity contribution < 1.29 is 22.7 Å². The van der Waals surface area contributed by atoms with Gasteiger partial charge in [-0.25, -0.2) is 27.8 Å². The fourth-order valence-corrected chi connectivity index (χ4v) is 6.04. The minimum absolute atomic E-state index is 0.000874. The SMILES string of the molecule is CCOc1cnc(N2CC(CS(C)(=O)=O)C2)c2cnc(Nc3ccnc(N4CC[C@@H](O)[C@@](C)(F)C4)n3)cc12. The normalized spacial score (nSPS) is 22.4. The van der Waals surface area contributed by atoms with Crippen LogP contribution in [0.4, 0.5) is 27.8 Å². The summed E-state index contributed by atoms with van der Waals surface area (Å²) >= 11 is 0. The number of aliphatic hydroxyl groups is 1. The third kappa shape index (κ3) is 5.58. The maximum atomic E-state index is 14.7. The summed E-state index contributed by atoms with van der Waals surface area (Å²) in [7, 11) is -3.03. The Labute approximate surface area is 221 Å². The summed E-state index contributed by atoms with van der Waals surface area (Å²) in [5.41, 5.74) is -1.74. The van der Waals surface area contributed by atoms with Gasteiger partial charge < -0.3 is 25.0 Å². The predicted molar refractivity (Wildman–Crippen MR) is 144 cm³/mol. The van der Waals surface area contributed by atoms with E-state index in [1.165, 1.54) is 13.2 Å². The first-order valence-corrected chi connectivity index (χ1v) is 14.6. The first-order chi connectivity index (χ1) is 18.0. The summed E-state index contributed by atoms with van der Waals surface area (Å²) < 4.78 is 43.8.